The van der Waals surface area contributed by atoms with Gasteiger partial charge >= 0.3 is 0 Å². The van der Waals surface area contributed by atoms with E-state index < -0.39 is 0 Å². The summed E-state index contributed by atoms with van der Waals surface area (Å²) in [6.07, 6.45) is 5.35. The lowest BCUT2D eigenvalue weighted by Crippen LogP contribution is -2.38. The van der Waals surface area contributed by atoms with Gasteiger partial charge in [0.2, 0.25) is 0 Å². The summed E-state index contributed by atoms with van der Waals surface area (Å²) in [6, 6.07) is 9.73. The lowest BCUT2D eigenvalue weighted by atomic mass is 9.86. The van der Waals surface area contributed by atoms with E-state index in [1.807, 2.05) is 17.6 Å². The summed E-state index contributed by atoms with van der Waals surface area (Å²) in [6.45, 7) is 6.92. The maximum atomic E-state index is 5.67. The predicted molar refractivity (Wildman–Crippen MR) is 99.6 cm³/mol. The third kappa shape index (κ3) is 2.34. The average molecular weight is 337 g/mol. The summed E-state index contributed by atoms with van der Waals surface area (Å²) in [7, 11) is 0. The molecular formula is C21H23NOS. The number of hydrogen-bond donors (Lipinski definition) is 0. The molecule has 1 atom stereocenters. The molecule has 0 N–H and O–H groups in total. The normalized spacial score (nSPS) is 20.2. The quantitative estimate of drug-likeness (QED) is 0.627. The summed E-state index contributed by atoms with van der Waals surface area (Å²) in [4.78, 5) is 5.85. The van der Waals surface area contributed by atoms with Crippen molar-refractivity contribution in [3.8, 4) is 0 Å². The molecule has 5 rings (SSSR count). The zero-order valence-corrected chi connectivity index (χ0v) is 15.2. The summed E-state index contributed by atoms with van der Waals surface area (Å²) < 4.78 is 5.67. The third-order valence-corrected chi connectivity index (χ3v) is 6.71. The Labute approximate surface area is 147 Å². The van der Waals surface area contributed by atoms with Crippen LogP contribution in [0.5, 0.6) is 0 Å². The largest absolute Gasteiger partial charge is 0.464 e. The molecule has 0 unspecified atom stereocenters. The second-order valence-electron chi connectivity index (χ2n) is 7.71. The van der Waals surface area contributed by atoms with Crippen molar-refractivity contribution >= 4 is 22.3 Å². The Morgan fingerprint density at radius 2 is 2.17 bits per heavy atom. The van der Waals surface area contributed by atoms with Gasteiger partial charge in [0.1, 0.15) is 5.58 Å². The summed E-state index contributed by atoms with van der Waals surface area (Å²) in [5, 5.41) is 1.24. The van der Waals surface area contributed by atoms with E-state index in [0.717, 1.165) is 30.9 Å². The van der Waals surface area contributed by atoms with Gasteiger partial charge in [0.05, 0.1) is 6.26 Å². The molecule has 0 radical (unpaired) electrons. The minimum atomic E-state index is 0.529. The maximum Gasteiger partial charge on any atom is 0.134 e. The van der Waals surface area contributed by atoms with Gasteiger partial charge in [-0.3, -0.25) is 4.90 Å². The van der Waals surface area contributed by atoms with E-state index in [-0.39, 0.29) is 0 Å². The highest BCUT2D eigenvalue weighted by Gasteiger charge is 2.33. The topological polar surface area (TPSA) is 16.4 Å². The van der Waals surface area contributed by atoms with Crippen LogP contribution >= 0.6 is 11.3 Å². The molecule has 0 saturated heterocycles. The number of rotatable bonds is 2. The van der Waals surface area contributed by atoms with Crippen LogP contribution in [0.2, 0.25) is 0 Å². The van der Waals surface area contributed by atoms with Crippen molar-refractivity contribution in [2.75, 3.05) is 6.54 Å². The second-order valence-corrected chi connectivity index (χ2v) is 8.93. The maximum absolute atomic E-state index is 5.67. The highest BCUT2D eigenvalue weighted by atomic mass is 32.1. The Morgan fingerprint density at radius 3 is 3.04 bits per heavy atom. The second kappa shape index (κ2) is 5.47. The zero-order chi connectivity index (χ0) is 16.3. The van der Waals surface area contributed by atoms with Gasteiger partial charge in [-0.2, -0.15) is 0 Å². The fourth-order valence-electron chi connectivity index (χ4n) is 4.38. The van der Waals surface area contributed by atoms with Gasteiger partial charge in [-0.15, -0.1) is 11.3 Å². The standard InChI is InChI=1S/C21H23NOS/c1-13(2)7-17-9-16-12-22-5-3-14-8-15-4-6-23-20(15)10-18(14)19(22)11-21(16)24-17/h4,6,8-10,13,19H,3,5,7,11-12H2,1-2H3/t19-/m0/s1. The van der Waals surface area contributed by atoms with E-state index in [0.29, 0.717) is 6.04 Å². The average Bonchev–Trinajstić information content (AvgIpc) is 3.15. The number of thiophene rings is 1. The molecular weight excluding hydrogens is 314 g/mol. The van der Waals surface area contributed by atoms with Crippen LogP contribution in [0.25, 0.3) is 11.0 Å². The van der Waals surface area contributed by atoms with Gasteiger partial charge in [-0.25, -0.2) is 0 Å². The van der Waals surface area contributed by atoms with Gasteiger partial charge in [-0.05, 0) is 59.7 Å². The van der Waals surface area contributed by atoms with Crippen molar-refractivity contribution in [3.63, 3.8) is 0 Å². The Hall–Kier alpha value is -1.58. The monoisotopic (exact) mass is 337 g/mol. The zero-order valence-electron chi connectivity index (χ0n) is 14.3. The van der Waals surface area contributed by atoms with Gasteiger partial charge < -0.3 is 4.42 Å². The molecule has 0 saturated carbocycles. The molecule has 0 bridgehead atoms. The molecule has 0 fully saturated rings. The molecule has 0 spiro atoms. The van der Waals surface area contributed by atoms with Crippen LogP contribution < -0.4 is 0 Å². The Balaban J connectivity index is 1.53. The predicted octanol–water partition coefficient (Wildman–Crippen LogP) is 5.35. The van der Waals surface area contributed by atoms with Crippen LogP contribution in [0.3, 0.4) is 0 Å². The third-order valence-electron chi connectivity index (χ3n) is 5.49. The molecule has 0 aliphatic carbocycles. The molecule has 3 heteroatoms. The molecule has 24 heavy (non-hydrogen) atoms. The Bertz CT molecular complexity index is 904. The minimum Gasteiger partial charge on any atom is -0.464 e. The van der Waals surface area contributed by atoms with Crippen LogP contribution in [0, 0.1) is 5.92 Å². The van der Waals surface area contributed by atoms with Crippen molar-refractivity contribution in [3.05, 3.63) is 57.0 Å². The number of furan rings is 1. The van der Waals surface area contributed by atoms with E-state index in [2.05, 4.69) is 43.0 Å². The lowest BCUT2D eigenvalue weighted by Gasteiger charge is -2.40. The molecule has 2 nitrogen and oxygen atoms in total. The van der Waals surface area contributed by atoms with E-state index in [1.54, 1.807) is 15.3 Å². The highest BCUT2D eigenvalue weighted by Crippen LogP contribution is 2.42. The molecule has 2 aromatic heterocycles. The fraction of sp³-hybridized carbons (Fsp3) is 0.429. The molecule has 2 aliphatic rings. The van der Waals surface area contributed by atoms with Gasteiger partial charge in [0, 0.05) is 40.7 Å². The van der Waals surface area contributed by atoms with Crippen LogP contribution in [-0.4, -0.2) is 11.4 Å². The number of fused-ring (bicyclic) bond motifs is 5. The first-order chi connectivity index (χ1) is 11.7. The van der Waals surface area contributed by atoms with Gasteiger partial charge in [-0.1, -0.05) is 13.8 Å². The Kier molecular flexibility index (Phi) is 3.36. The SMILES string of the molecule is CC(C)Cc1cc2c(s1)C[C@H]1c3cc4occc4cc3CCN1C2. The van der Waals surface area contributed by atoms with Crippen molar-refractivity contribution in [2.24, 2.45) is 5.92 Å². The first kappa shape index (κ1) is 14.7. The first-order valence-electron chi connectivity index (χ1n) is 9.02. The smallest absolute Gasteiger partial charge is 0.134 e. The summed E-state index contributed by atoms with van der Waals surface area (Å²) in [5.74, 6) is 0.737. The molecule has 124 valence electrons. The summed E-state index contributed by atoms with van der Waals surface area (Å²) >= 11 is 2.05. The molecule has 0 amide bonds. The number of nitrogens with zero attached hydrogens (tertiary/aromatic N) is 1. The highest BCUT2D eigenvalue weighted by molar-refractivity contribution is 7.12. The van der Waals surface area contributed by atoms with E-state index in [4.69, 9.17) is 4.42 Å². The number of hydrogen-bond acceptors (Lipinski definition) is 3. The lowest BCUT2D eigenvalue weighted by molar-refractivity contribution is 0.163. The van der Waals surface area contributed by atoms with Crippen LogP contribution in [0.15, 0.2) is 34.9 Å². The van der Waals surface area contributed by atoms with Gasteiger partial charge in [0.25, 0.3) is 0 Å². The van der Waals surface area contributed by atoms with E-state index in [1.165, 1.54) is 29.5 Å². The van der Waals surface area contributed by atoms with Crippen molar-refractivity contribution in [2.45, 2.75) is 45.7 Å². The first-order valence-corrected chi connectivity index (χ1v) is 9.83. The Morgan fingerprint density at radius 1 is 1.25 bits per heavy atom. The molecule has 1 aromatic carbocycles. The summed E-state index contributed by atoms with van der Waals surface area (Å²) in [5.41, 5.74) is 5.63. The van der Waals surface area contributed by atoms with Crippen LogP contribution in [0.1, 0.15) is 46.3 Å². The van der Waals surface area contributed by atoms with E-state index in [9.17, 15) is 0 Å². The molecule has 4 heterocycles. The van der Waals surface area contributed by atoms with Crippen LogP contribution in [-0.2, 0) is 25.8 Å². The van der Waals surface area contributed by atoms with Crippen molar-refractivity contribution in [1.82, 2.24) is 4.90 Å². The minimum absolute atomic E-state index is 0.529. The molecule has 3 aromatic rings. The van der Waals surface area contributed by atoms with Crippen molar-refractivity contribution in [1.29, 1.82) is 0 Å². The van der Waals surface area contributed by atoms with Crippen LogP contribution in [0.4, 0.5) is 0 Å². The van der Waals surface area contributed by atoms with Crippen molar-refractivity contribution < 1.29 is 4.42 Å². The number of benzene rings is 1. The molecule has 2 aliphatic heterocycles. The fourth-order valence-corrected chi connectivity index (χ4v) is 5.81. The van der Waals surface area contributed by atoms with E-state index >= 15 is 0 Å². The van der Waals surface area contributed by atoms with Gasteiger partial charge in [0.15, 0.2) is 0 Å².